The van der Waals surface area contributed by atoms with Gasteiger partial charge in [0.2, 0.25) is 0 Å². The van der Waals surface area contributed by atoms with Crippen molar-refractivity contribution in [1.29, 1.82) is 5.26 Å². The Bertz CT molecular complexity index is 479. The summed E-state index contributed by atoms with van der Waals surface area (Å²) in [6.07, 6.45) is 0. The molecule has 88 valence electrons. The third-order valence-electron chi connectivity index (χ3n) is 2.10. The van der Waals surface area contributed by atoms with Crippen LogP contribution in [0.3, 0.4) is 0 Å². The van der Waals surface area contributed by atoms with E-state index < -0.39 is 16.8 Å². The Balaban J connectivity index is 3.17. The summed E-state index contributed by atoms with van der Waals surface area (Å²) in [5, 5.41) is 19.7. The van der Waals surface area contributed by atoms with Gasteiger partial charge in [-0.05, 0) is 6.92 Å². The maximum absolute atomic E-state index is 11.5. The van der Waals surface area contributed by atoms with E-state index in [2.05, 4.69) is 0 Å². The Morgan fingerprint density at radius 3 is 2.76 bits per heavy atom. The summed E-state index contributed by atoms with van der Waals surface area (Å²) < 4.78 is 4.70. The lowest BCUT2D eigenvalue weighted by Gasteiger charge is -2.08. The molecule has 1 atom stereocenters. The highest BCUT2D eigenvalue weighted by atomic mass is 16.6. The van der Waals surface area contributed by atoms with E-state index >= 15 is 0 Å². The van der Waals surface area contributed by atoms with E-state index in [-0.39, 0.29) is 17.9 Å². The number of nitro groups is 1. The van der Waals surface area contributed by atoms with Gasteiger partial charge in [-0.15, -0.1) is 0 Å². The van der Waals surface area contributed by atoms with Crippen LogP contribution in [-0.2, 0) is 9.53 Å². The van der Waals surface area contributed by atoms with Crippen molar-refractivity contribution in [2.75, 3.05) is 6.61 Å². The molecule has 0 aliphatic heterocycles. The molecule has 0 spiro atoms. The summed E-state index contributed by atoms with van der Waals surface area (Å²) in [4.78, 5) is 21.6. The first-order valence-electron chi connectivity index (χ1n) is 4.91. The van der Waals surface area contributed by atoms with Crippen LogP contribution in [0, 0.1) is 21.4 Å². The zero-order chi connectivity index (χ0) is 12.8. The van der Waals surface area contributed by atoms with Gasteiger partial charge in [-0.25, -0.2) is 0 Å². The fraction of sp³-hybridized carbons (Fsp3) is 0.273. The number of hydrogen-bond donors (Lipinski definition) is 0. The van der Waals surface area contributed by atoms with Gasteiger partial charge in [-0.2, -0.15) is 5.26 Å². The second-order valence-electron chi connectivity index (χ2n) is 3.13. The molecule has 0 aliphatic rings. The van der Waals surface area contributed by atoms with E-state index in [0.717, 1.165) is 0 Å². The molecule has 0 N–H and O–H groups in total. The molecule has 1 aromatic carbocycles. The molecule has 1 aromatic rings. The molecule has 6 heteroatoms. The van der Waals surface area contributed by atoms with Crippen molar-refractivity contribution in [3.05, 3.63) is 39.9 Å². The number of para-hydroxylation sites is 1. The number of esters is 1. The second-order valence-corrected chi connectivity index (χ2v) is 3.13. The predicted molar refractivity (Wildman–Crippen MR) is 58.1 cm³/mol. The number of ether oxygens (including phenoxy) is 1. The largest absolute Gasteiger partial charge is 0.465 e. The quantitative estimate of drug-likeness (QED) is 0.451. The molecule has 0 amide bonds. The topological polar surface area (TPSA) is 93.2 Å². The van der Waals surface area contributed by atoms with Gasteiger partial charge in [-0.1, -0.05) is 18.2 Å². The van der Waals surface area contributed by atoms with E-state index in [4.69, 9.17) is 10.00 Å². The van der Waals surface area contributed by atoms with Crippen molar-refractivity contribution in [2.45, 2.75) is 12.8 Å². The molecule has 0 fully saturated rings. The number of benzene rings is 1. The summed E-state index contributed by atoms with van der Waals surface area (Å²) in [6, 6.07) is 7.35. The standard InChI is InChI=1S/C11H10N2O4/c1-2-17-11(14)9(7-12)8-5-3-4-6-10(8)13(15)16/h3-6,9H,2H2,1H3/i7+2. The van der Waals surface area contributed by atoms with Gasteiger partial charge >= 0.3 is 5.97 Å². The van der Waals surface area contributed by atoms with Gasteiger partial charge in [0.05, 0.1) is 23.2 Å². The zero-order valence-corrected chi connectivity index (χ0v) is 9.12. The molecule has 0 aliphatic carbocycles. The van der Waals surface area contributed by atoms with Crippen LogP contribution >= 0.6 is 0 Å². The monoisotopic (exact) mass is 236 g/mol. The van der Waals surface area contributed by atoms with Gasteiger partial charge in [-0.3, -0.25) is 14.9 Å². The van der Waals surface area contributed by atoms with E-state index in [9.17, 15) is 14.9 Å². The number of nitrogens with zero attached hydrogens (tertiary/aromatic N) is 2. The lowest BCUT2D eigenvalue weighted by molar-refractivity contribution is -0.385. The SMILES string of the molecule is CCOC(=O)C([14C]#N)c1ccccc1[N+](=O)[O-]. The average molecular weight is 236 g/mol. The first-order chi connectivity index (χ1) is 8.11. The minimum atomic E-state index is -1.27. The molecule has 1 unspecified atom stereocenters. The van der Waals surface area contributed by atoms with Crippen LogP contribution < -0.4 is 0 Å². The van der Waals surface area contributed by atoms with Crippen molar-refractivity contribution in [1.82, 2.24) is 0 Å². The first kappa shape index (κ1) is 12.6. The van der Waals surface area contributed by atoms with Crippen LogP contribution in [0.1, 0.15) is 18.4 Å². The van der Waals surface area contributed by atoms with Crippen molar-refractivity contribution in [3.8, 4) is 6.07 Å². The Hall–Kier alpha value is -2.42. The fourth-order valence-corrected chi connectivity index (χ4v) is 1.37. The fourth-order valence-electron chi connectivity index (χ4n) is 1.37. The zero-order valence-electron chi connectivity index (χ0n) is 9.12. The van der Waals surface area contributed by atoms with Crippen LogP contribution in [0.2, 0.25) is 0 Å². The number of nitriles is 1. The lowest BCUT2D eigenvalue weighted by atomic mass is 10.1. The molecular formula is C11H10N2O4. The predicted octanol–water partition coefficient (Wildman–Crippen LogP) is 1.77. The normalized spacial score (nSPS) is 11.3. The van der Waals surface area contributed by atoms with Gasteiger partial charge in [0, 0.05) is 6.07 Å². The minimum Gasteiger partial charge on any atom is -0.465 e. The number of rotatable bonds is 4. The molecule has 0 heterocycles. The summed E-state index contributed by atoms with van der Waals surface area (Å²) in [7, 11) is 0. The summed E-state index contributed by atoms with van der Waals surface area (Å²) in [5.41, 5.74) is -0.203. The first-order valence-corrected chi connectivity index (χ1v) is 4.91. The molecule has 0 saturated carbocycles. The number of nitro benzene ring substituents is 1. The summed E-state index contributed by atoms with van der Waals surface area (Å²) in [6.45, 7) is 1.73. The van der Waals surface area contributed by atoms with E-state index in [1.165, 1.54) is 24.3 Å². The summed E-state index contributed by atoms with van der Waals surface area (Å²) in [5.74, 6) is -2.04. The Morgan fingerprint density at radius 1 is 1.59 bits per heavy atom. The molecule has 17 heavy (non-hydrogen) atoms. The number of hydrogen-bond acceptors (Lipinski definition) is 5. The van der Waals surface area contributed by atoms with Crippen molar-refractivity contribution in [3.63, 3.8) is 0 Å². The third kappa shape index (κ3) is 2.78. The molecule has 0 saturated heterocycles. The van der Waals surface area contributed by atoms with Crippen LogP contribution in [-0.4, -0.2) is 17.5 Å². The van der Waals surface area contributed by atoms with Crippen LogP contribution in [0.15, 0.2) is 24.3 Å². The minimum absolute atomic E-state index is 0.0541. The van der Waals surface area contributed by atoms with Gasteiger partial charge < -0.3 is 4.74 Å². The van der Waals surface area contributed by atoms with E-state index in [0.29, 0.717) is 0 Å². The average Bonchev–Trinajstić information content (AvgIpc) is 2.31. The van der Waals surface area contributed by atoms with Crippen LogP contribution in [0.4, 0.5) is 5.69 Å². The molecule has 0 radical (unpaired) electrons. The summed E-state index contributed by atoms with van der Waals surface area (Å²) >= 11 is 0. The molecule has 0 bridgehead atoms. The highest BCUT2D eigenvalue weighted by molar-refractivity contribution is 5.82. The van der Waals surface area contributed by atoms with Crippen LogP contribution in [0.5, 0.6) is 0 Å². The molecular weight excluding hydrogens is 226 g/mol. The number of carbonyl (C=O) groups excluding carboxylic acids is 1. The second kappa shape index (κ2) is 5.61. The van der Waals surface area contributed by atoms with Crippen molar-refractivity contribution >= 4 is 11.7 Å². The maximum atomic E-state index is 11.5. The molecule has 0 aromatic heterocycles. The maximum Gasteiger partial charge on any atom is 0.328 e. The lowest BCUT2D eigenvalue weighted by Crippen LogP contribution is -2.15. The Kier molecular flexibility index (Phi) is 4.17. The molecule has 1 rings (SSSR count). The van der Waals surface area contributed by atoms with Crippen molar-refractivity contribution in [2.24, 2.45) is 0 Å². The Labute approximate surface area is 97.6 Å². The highest BCUT2D eigenvalue weighted by Gasteiger charge is 2.28. The molecule has 6 nitrogen and oxygen atoms in total. The van der Waals surface area contributed by atoms with Gasteiger partial charge in [0.1, 0.15) is 0 Å². The van der Waals surface area contributed by atoms with Crippen LogP contribution in [0.25, 0.3) is 0 Å². The van der Waals surface area contributed by atoms with Crippen molar-refractivity contribution < 1.29 is 14.5 Å². The van der Waals surface area contributed by atoms with Gasteiger partial charge in [0.25, 0.3) is 5.69 Å². The number of carbonyl (C=O) groups is 1. The smallest absolute Gasteiger partial charge is 0.328 e. The Morgan fingerprint density at radius 2 is 2.24 bits per heavy atom. The highest BCUT2D eigenvalue weighted by Crippen LogP contribution is 2.26. The van der Waals surface area contributed by atoms with E-state index in [1.807, 2.05) is 0 Å². The van der Waals surface area contributed by atoms with E-state index in [1.54, 1.807) is 13.0 Å². The van der Waals surface area contributed by atoms with Gasteiger partial charge in [0.15, 0.2) is 5.92 Å². The third-order valence-corrected chi connectivity index (χ3v) is 2.10.